The van der Waals surface area contributed by atoms with E-state index in [1.165, 1.54) is 0 Å². The molecule has 0 radical (unpaired) electrons. The first-order valence-electron chi connectivity index (χ1n) is 6.69. The normalized spacial score (nSPS) is 10.5. The first-order chi connectivity index (χ1) is 9.17. The lowest BCUT2D eigenvalue weighted by atomic mass is 10.1. The summed E-state index contributed by atoms with van der Waals surface area (Å²) in [6.45, 7) is 5.98. The molecule has 0 aromatic carbocycles. The standard InChI is InChI=1S/C14H21ClN2O2/c1-3-6-12-9-11(10-13(15)17-12)14(18)16-7-5-8-19-4-2/h9-10H,3-8H2,1-2H3,(H,16,18). The van der Waals surface area contributed by atoms with Gasteiger partial charge in [-0.2, -0.15) is 0 Å². The quantitative estimate of drug-likeness (QED) is 0.590. The van der Waals surface area contributed by atoms with Crippen LogP contribution in [0.15, 0.2) is 12.1 Å². The average Bonchev–Trinajstić information content (AvgIpc) is 2.38. The second-order valence-electron chi connectivity index (χ2n) is 4.23. The molecule has 5 heteroatoms. The third-order valence-corrected chi connectivity index (χ3v) is 2.76. The minimum Gasteiger partial charge on any atom is -0.382 e. The van der Waals surface area contributed by atoms with Gasteiger partial charge in [0.1, 0.15) is 5.15 Å². The van der Waals surface area contributed by atoms with Crippen molar-refractivity contribution in [3.8, 4) is 0 Å². The zero-order valence-electron chi connectivity index (χ0n) is 11.5. The van der Waals surface area contributed by atoms with Crippen molar-refractivity contribution in [3.63, 3.8) is 0 Å². The zero-order chi connectivity index (χ0) is 14.1. The number of hydrogen-bond acceptors (Lipinski definition) is 3. The maximum Gasteiger partial charge on any atom is 0.251 e. The topological polar surface area (TPSA) is 51.2 Å². The molecule has 0 aliphatic heterocycles. The molecule has 1 N–H and O–H groups in total. The molecule has 0 saturated heterocycles. The fraction of sp³-hybridized carbons (Fsp3) is 0.571. The Kier molecular flexibility index (Phi) is 7.45. The van der Waals surface area contributed by atoms with Crippen LogP contribution >= 0.6 is 11.6 Å². The van der Waals surface area contributed by atoms with Crippen molar-refractivity contribution in [1.29, 1.82) is 0 Å². The van der Waals surface area contributed by atoms with Gasteiger partial charge in [-0.1, -0.05) is 24.9 Å². The second-order valence-corrected chi connectivity index (χ2v) is 4.61. The number of nitrogens with zero attached hydrogens (tertiary/aromatic N) is 1. The number of ether oxygens (including phenoxy) is 1. The molecule has 1 rings (SSSR count). The van der Waals surface area contributed by atoms with Gasteiger partial charge in [0.2, 0.25) is 0 Å². The molecule has 0 aliphatic carbocycles. The molecule has 1 aromatic rings. The molecule has 1 amide bonds. The van der Waals surface area contributed by atoms with E-state index in [1.54, 1.807) is 12.1 Å². The maximum absolute atomic E-state index is 11.9. The van der Waals surface area contributed by atoms with Crippen molar-refractivity contribution >= 4 is 17.5 Å². The van der Waals surface area contributed by atoms with Gasteiger partial charge in [0.05, 0.1) is 0 Å². The Hall–Kier alpha value is -1.13. The second kappa shape index (κ2) is 8.88. The molecule has 0 unspecified atom stereocenters. The van der Waals surface area contributed by atoms with Gasteiger partial charge < -0.3 is 10.1 Å². The van der Waals surface area contributed by atoms with Crippen LogP contribution in [0.5, 0.6) is 0 Å². The minimum absolute atomic E-state index is 0.113. The number of rotatable bonds is 8. The molecule has 106 valence electrons. The number of carbonyl (C=O) groups is 1. The molecule has 0 saturated carbocycles. The zero-order valence-corrected chi connectivity index (χ0v) is 12.3. The summed E-state index contributed by atoms with van der Waals surface area (Å²) in [7, 11) is 0. The molecular formula is C14H21ClN2O2. The number of aromatic nitrogens is 1. The molecule has 0 atom stereocenters. The van der Waals surface area contributed by atoms with Crippen LogP contribution in [0.2, 0.25) is 5.15 Å². The lowest BCUT2D eigenvalue weighted by Crippen LogP contribution is -2.25. The van der Waals surface area contributed by atoms with Crippen molar-refractivity contribution in [2.45, 2.75) is 33.1 Å². The highest BCUT2D eigenvalue weighted by atomic mass is 35.5. The predicted molar refractivity (Wildman–Crippen MR) is 76.7 cm³/mol. The number of halogens is 1. The lowest BCUT2D eigenvalue weighted by Gasteiger charge is -2.07. The van der Waals surface area contributed by atoms with E-state index in [-0.39, 0.29) is 5.91 Å². The molecule has 0 fully saturated rings. The summed E-state index contributed by atoms with van der Waals surface area (Å²) in [4.78, 5) is 16.1. The van der Waals surface area contributed by atoms with E-state index in [0.29, 0.717) is 30.5 Å². The number of pyridine rings is 1. The molecule has 19 heavy (non-hydrogen) atoms. The van der Waals surface area contributed by atoms with Gasteiger partial charge in [0, 0.05) is 31.0 Å². The van der Waals surface area contributed by atoms with Crippen LogP contribution in [0.3, 0.4) is 0 Å². The third-order valence-electron chi connectivity index (χ3n) is 2.57. The van der Waals surface area contributed by atoms with Crippen LogP contribution in [0, 0.1) is 0 Å². The molecule has 0 bridgehead atoms. The molecule has 0 spiro atoms. The molecule has 1 aromatic heterocycles. The van der Waals surface area contributed by atoms with Crippen LogP contribution in [-0.2, 0) is 11.2 Å². The van der Waals surface area contributed by atoms with Gasteiger partial charge in [-0.25, -0.2) is 4.98 Å². The average molecular weight is 285 g/mol. The highest BCUT2D eigenvalue weighted by molar-refractivity contribution is 6.29. The highest BCUT2D eigenvalue weighted by Crippen LogP contribution is 2.12. The van der Waals surface area contributed by atoms with E-state index >= 15 is 0 Å². The van der Waals surface area contributed by atoms with Crippen LogP contribution in [0.4, 0.5) is 0 Å². The van der Waals surface area contributed by atoms with Crippen molar-refractivity contribution in [3.05, 3.63) is 28.5 Å². The Bertz CT molecular complexity index is 410. The van der Waals surface area contributed by atoms with Crippen LogP contribution in [0.25, 0.3) is 0 Å². The third kappa shape index (κ3) is 6.03. The van der Waals surface area contributed by atoms with Crippen molar-refractivity contribution in [2.75, 3.05) is 19.8 Å². The van der Waals surface area contributed by atoms with Gasteiger partial charge in [-0.3, -0.25) is 4.79 Å². The first-order valence-corrected chi connectivity index (χ1v) is 7.07. The largest absolute Gasteiger partial charge is 0.382 e. The highest BCUT2D eigenvalue weighted by Gasteiger charge is 2.08. The Morgan fingerprint density at radius 3 is 2.89 bits per heavy atom. The Labute approximate surface area is 119 Å². The number of aryl methyl sites for hydroxylation is 1. The van der Waals surface area contributed by atoms with E-state index in [9.17, 15) is 4.79 Å². The molecular weight excluding hydrogens is 264 g/mol. The van der Waals surface area contributed by atoms with E-state index in [4.69, 9.17) is 16.3 Å². The first kappa shape index (κ1) is 15.9. The number of carbonyl (C=O) groups excluding carboxylic acids is 1. The summed E-state index contributed by atoms with van der Waals surface area (Å²) in [6, 6.07) is 3.39. The fourth-order valence-electron chi connectivity index (χ4n) is 1.69. The molecule has 4 nitrogen and oxygen atoms in total. The van der Waals surface area contributed by atoms with E-state index in [2.05, 4.69) is 17.2 Å². The summed E-state index contributed by atoms with van der Waals surface area (Å²) >= 11 is 5.92. The van der Waals surface area contributed by atoms with E-state index in [1.807, 2.05) is 6.92 Å². The van der Waals surface area contributed by atoms with Gasteiger partial charge in [-0.05, 0) is 31.9 Å². The summed E-state index contributed by atoms with van der Waals surface area (Å²) < 4.78 is 5.21. The van der Waals surface area contributed by atoms with Crippen molar-refractivity contribution in [1.82, 2.24) is 10.3 Å². The number of amides is 1. The number of nitrogens with one attached hydrogen (secondary N) is 1. The summed E-state index contributed by atoms with van der Waals surface area (Å²) in [5.74, 6) is -0.113. The summed E-state index contributed by atoms with van der Waals surface area (Å²) in [5, 5.41) is 3.22. The van der Waals surface area contributed by atoms with E-state index < -0.39 is 0 Å². The summed E-state index contributed by atoms with van der Waals surface area (Å²) in [5.41, 5.74) is 1.43. The van der Waals surface area contributed by atoms with Gasteiger partial charge >= 0.3 is 0 Å². The van der Waals surface area contributed by atoms with Crippen LogP contribution < -0.4 is 5.32 Å². The Morgan fingerprint density at radius 1 is 1.42 bits per heavy atom. The van der Waals surface area contributed by atoms with Crippen LogP contribution in [0.1, 0.15) is 42.7 Å². The SMILES string of the molecule is CCCc1cc(C(=O)NCCCOCC)cc(Cl)n1. The van der Waals surface area contributed by atoms with Crippen LogP contribution in [-0.4, -0.2) is 30.6 Å². The Morgan fingerprint density at radius 2 is 2.21 bits per heavy atom. The fourth-order valence-corrected chi connectivity index (χ4v) is 1.92. The predicted octanol–water partition coefficient (Wildman–Crippen LogP) is 2.84. The Balaban J connectivity index is 2.51. The maximum atomic E-state index is 11.9. The molecule has 0 aliphatic rings. The van der Waals surface area contributed by atoms with Gasteiger partial charge in [0.25, 0.3) is 5.91 Å². The summed E-state index contributed by atoms with van der Waals surface area (Å²) in [6.07, 6.45) is 2.61. The van der Waals surface area contributed by atoms with Crippen molar-refractivity contribution < 1.29 is 9.53 Å². The smallest absolute Gasteiger partial charge is 0.251 e. The minimum atomic E-state index is -0.113. The number of hydrogen-bond donors (Lipinski definition) is 1. The molecule has 1 heterocycles. The van der Waals surface area contributed by atoms with E-state index in [0.717, 1.165) is 25.0 Å². The van der Waals surface area contributed by atoms with Gasteiger partial charge in [0.15, 0.2) is 0 Å². The monoisotopic (exact) mass is 284 g/mol. The van der Waals surface area contributed by atoms with Crippen molar-refractivity contribution in [2.24, 2.45) is 0 Å². The lowest BCUT2D eigenvalue weighted by molar-refractivity contribution is 0.0944. The van der Waals surface area contributed by atoms with Gasteiger partial charge in [-0.15, -0.1) is 0 Å².